The average Bonchev–Trinajstić information content (AvgIpc) is 1.88. The van der Waals surface area contributed by atoms with E-state index in [1.54, 1.807) is 0 Å². The topological polar surface area (TPSA) is 0 Å². The maximum absolute atomic E-state index is 5.88. The second kappa shape index (κ2) is 5.37. The second-order valence-electron chi connectivity index (χ2n) is 1.99. The first-order valence-corrected chi connectivity index (χ1v) is 5.46. The van der Waals surface area contributed by atoms with E-state index in [0.29, 0.717) is 0 Å². The number of benzene rings is 1. The Bertz CT molecular complexity index is 225. The molecule has 1 aromatic rings. The molecule has 4 heteroatoms. The van der Waals surface area contributed by atoms with Crippen LogP contribution in [0, 0.1) is 0 Å². The van der Waals surface area contributed by atoms with Crippen LogP contribution in [-0.4, -0.2) is 0 Å². The molecule has 0 aromatic heterocycles. The van der Waals surface area contributed by atoms with Crippen molar-refractivity contribution in [2.75, 3.05) is 0 Å². The molecule has 0 bridgehead atoms. The van der Waals surface area contributed by atoms with Gasteiger partial charge in [0.2, 0.25) is 0 Å². The summed E-state index contributed by atoms with van der Waals surface area (Å²) in [6, 6.07) is 7.68. The van der Waals surface area contributed by atoms with E-state index < -0.39 is 0 Å². The van der Waals surface area contributed by atoms with Gasteiger partial charge in [0.15, 0.2) is 0 Å². The van der Waals surface area contributed by atoms with Gasteiger partial charge in [-0.25, -0.2) is 0 Å². The summed E-state index contributed by atoms with van der Waals surface area (Å²) in [6.45, 7) is 0. The van der Waals surface area contributed by atoms with Crippen LogP contribution in [0.5, 0.6) is 0 Å². The van der Waals surface area contributed by atoms with E-state index in [4.69, 9.17) is 23.2 Å². The van der Waals surface area contributed by atoms with Gasteiger partial charge in [-0.2, -0.15) is 0 Å². The Labute approximate surface area is 92.4 Å². The van der Waals surface area contributed by atoms with Gasteiger partial charge in [0.1, 0.15) is 0 Å². The molecular formula is C7H6Cl3Zn. The van der Waals surface area contributed by atoms with Gasteiger partial charge >= 0.3 is 80.3 Å². The van der Waals surface area contributed by atoms with Crippen LogP contribution >= 0.6 is 35.6 Å². The van der Waals surface area contributed by atoms with Gasteiger partial charge in [-0.3, -0.25) is 0 Å². The van der Waals surface area contributed by atoms with Gasteiger partial charge in [0.05, 0.1) is 0 Å². The van der Waals surface area contributed by atoms with Crippen LogP contribution in [0.2, 0.25) is 5.02 Å². The minimum absolute atomic E-state index is 0. The Kier molecular flexibility index (Phi) is 5.72. The van der Waals surface area contributed by atoms with Gasteiger partial charge in [0.25, 0.3) is 0 Å². The van der Waals surface area contributed by atoms with Crippen LogP contribution in [0.3, 0.4) is 0 Å². The monoisotopic (exact) mass is 259 g/mol. The zero-order valence-corrected chi connectivity index (χ0v) is 11.1. The van der Waals surface area contributed by atoms with Crippen molar-refractivity contribution < 1.29 is 18.3 Å². The van der Waals surface area contributed by atoms with Crippen molar-refractivity contribution in [1.29, 1.82) is 0 Å². The summed E-state index contributed by atoms with van der Waals surface area (Å²) < 4.78 is 0.119. The van der Waals surface area contributed by atoms with Crippen LogP contribution in [-0.2, 0) is 18.3 Å². The van der Waals surface area contributed by atoms with E-state index in [1.807, 2.05) is 24.3 Å². The van der Waals surface area contributed by atoms with Crippen LogP contribution in [0.25, 0.3) is 0 Å². The fraction of sp³-hybridized carbons (Fsp3) is 0.143. The first-order chi connectivity index (χ1) is 4.72. The molecule has 0 aliphatic carbocycles. The van der Waals surface area contributed by atoms with Crippen LogP contribution in [0.1, 0.15) is 9.53 Å². The van der Waals surface area contributed by atoms with E-state index in [0.717, 1.165) is 28.9 Å². The van der Waals surface area contributed by atoms with E-state index in [-0.39, 0.29) is 16.4 Å². The Balaban J connectivity index is 0.000001000. The molecule has 1 rings (SSSR count). The van der Waals surface area contributed by atoms with Crippen LogP contribution in [0.15, 0.2) is 24.3 Å². The summed E-state index contributed by atoms with van der Waals surface area (Å²) in [7, 11) is 0. The molecule has 1 atom stereocenters. The summed E-state index contributed by atoms with van der Waals surface area (Å²) in [5.74, 6) is 0. The molecule has 0 saturated heterocycles. The van der Waals surface area contributed by atoms with Crippen LogP contribution in [0.4, 0.5) is 0 Å². The summed E-state index contributed by atoms with van der Waals surface area (Å²) in [4.78, 5) is 0. The van der Waals surface area contributed by atoms with Crippen molar-refractivity contribution in [2.45, 2.75) is 3.97 Å². The van der Waals surface area contributed by atoms with E-state index in [9.17, 15) is 0 Å². The fourth-order valence-electron chi connectivity index (χ4n) is 0.729. The van der Waals surface area contributed by atoms with Crippen molar-refractivity contribution in [3.63, 3.8) is 0 Å². The molecule has 0 fully saturated rings. The number of rotatable bonds is 1. The fourth-order valence-corrected chi connectivity index (χ4v) is 2.26. The molecular weight excluding hydrogens is 256 g/mol. The molecule has 0 amide bonds. The molecule has 0 heterocycles. The number of hydrogen-bond donors (Lipinski definition) is 0. The molecule has 11 heavy (non-hydrogen) atoms. The SMILES string of the molecule is Cl.Clc1ccccc1[CH](Cl)[Zn]. The Morgan fingerprint density at radius 3 is 2.18 bits per heavy atom. The third kappa shape index (κ3) is 3.29. The minimum atomic E-state index is 0. The Morgan fingerprint density at radius 2 is 1.82 bits per heavy atom. The van der Waals surface area contributed by atoms with Crippen molar-refractivity contribution in [2.24, 2.45) is 0 Å². The standard InChI is InChI=1S/C7H5Cl2.ClH.Zn/c8-5-6-3-1-2-4-7(6)9;;/h1-5H;1H;. The first kappa shape index (κ1) is 11.7. The van der Waals surface area contributed by atoms with E-state index in [1.165, 1.54) is 0 Å². The average molecular weight is 262 g/mol. The molecule has 1 aromatic carbocycles. The van der Waals surface area contributed by atoms with Gasteiger partial charge in [-0.15, -0.1) is 12.4 Å². The van der Waals surface area contributed by atoms with E-state index in [2.05, 4.69) is 0 Å². The van der Waals surface area contributed by atoms with Crippen LogP contribution < -0.4 is 0 Å². The maximum atomic E-state index is 5.88. The van der Waals surface area contributed by atoms with Crippen molar-refractivity contribution in [3.8, 4) is 0 Å². The molecule has 0 saturated carbocycles. The number of alkyl halides is 1. The zero-order chi connectivity index (χ0) is 7.56. The van der Waals surface area contributed by atoms with Crippen molar-refractivity contribution in [1.82, 2.24) is 0 Å². The van der Waals surface area contributed by atoms with Gasteiger partial charge in [0, 0.05) is 0 Å². The third-order valence-corrected chi connectivity index (χ3v) is 2.74. The summed E-state index contributed by atoms with van der Waals surface area (Å²) in [5, 5.41) is 0.772. The normalized spacial score (nSPS) is 12.0. The molecule has 57 valence electrons. The number of hydrogen-bond acceptors (Lipinski definition) is 0. The Hall–Kier alpha value is 0.713. The first-order valence-electron chi connectivity index (χ1n) is 2.93. The number of halogens is 3. The van der Waals surface area contributed by atoms with Gasteiger partial charge in [-0.05, 0) is 0 Å². The molecule has 0 N–H and O–H groups in total. The van der Waals surface area contributed by atoms with Crippen molar-refractivity contribution in [3.05, 3.63) is 34.9 Å². The molecule has 0 aliphatic heterocycles. The zero-order valence-electron chi connectivity index (χ0n) is 5.76. The predicted molar refractivity (Wildman–Crippen MR) is 47.3 cm³/mol. The van der Waals surface area contributed by atoms with Gasteiger partial charge < -0.3 is 0 Å². The quantitative estimate of drug-likeness (QED) is 0.536. The summed E-state index contributed by atoms with van der Waals surface area (Å²) >= 11 is 12.8. The molecule has 0 aliphatic rings. The molecule has 1 unspecified atom stereocenters. The van der Waals surface area contributed by atoms with E-state index >= 15 is 0 Å². The molecule has 0 nitrogen and oxygen atoms in total. The third-order valence-electron chi connectivity index (χ3n) is 1.24. The summed E-state index contributed by atoms with van der Waals surface area (Å²) in [5.41, 5.74) is 1.05. The second-order valence-corrected chi connectivity index (χ2v) is 5.72. The summed E-state index contributed by atoms with van der Waals surface area (Å²) in [6.07, 6.45) is 0. The van der Waals surface area contributed by atoms with Crippen molar-refractivity contribution >= 4 is 35.6 Å². The Morgan fingerprint density at radius 1 is 1.27 bits per heavy atom. The van der Waals surface area contributed by atoms with Gasteiger partial charge in [-0.1, -0.05) is 0 Å². The molecule has 0 spiro atoms. The molecule has 0 radical (unpaired) electrons. The predicted octanol–water partition coefficient (Wildman–Crippen LogP) is 3.55.